The Labute approximate surface area is 144 Å². The van der Waals surface area contributed by atoms with Crippen molar-refractivity contribution in [2.75, 3.05) is 26.2 Å². The summed E-state index contributed by atoms with van der Waals surface area (Å²) in [6.45, 7) is 2.23. The quantitative estimate of drug-likeness (QED) is 0.821. The van der Waals surface area contributed by atoms with Crippen LogP contribution in [0.5, 0.6) is 0 Å². The molecule has 1 aliphatic rings. The average molecular weight is 340 g/mol. The zero-order chi connectivity index (χ0) is 15.8. The molecule has 1 fully saturated rings. The van der Waals surface area contributed by atoms with Crippen LogP contribution in [0.2, 0.25) is 0 Å². The molecule has 0 radical (unpaired) electrons. The first-order chi connectivity index (χ1) is 10.7. The second-order valence-electron chi connectivity index (χ2n) is 5.74. The molecular formula is C17H26ClN3O2. The highest BCUT2D eigenvalue weighted by Crippen LogP contribution is 2.18. The van der Waals surface area contributed by atoms with E-state index >= 15 is 0 Å². The number of carbonyl (C=O) groups excluding carboxylic acids is 2. The van der Waals surface area contributed by atoms with Gasteiger partial charge >= 0.3 is 0 Å². The van der Waals surface area contributed by atoms with E-state index in [9.17, 15) is 9.59 Å². The van der Waals surface area contributed by atoms with Crippen LogP contribution in [0.4, 0.5) is 0 Å². The first-order valence-corrected chi connectivity index (χ1v) is 8.00. The van der Waals surface area contributed by atoms with Gasteiger partial charge in [-0.2, -0.15) is 0 Å². The number of piperidine rings is 1. The number of amides is 2. The highest BCUT2D eigenvalue weighted by molar-refractivity contribution is 5.85. The molecule has 0 aromatic heterocycles. The number of benzene rings is 1. The first-order valence-electron chi connectivity index (χ1n) is 8.00. The number of hydrogen-bond acceptors (Lipinski definition) is 3. The van der Waals surface area contributed by atoms with Gasteiger partial charge in [0.2, 0.25) is 11.8 Å². The van der Waals surface area contributed by atoms with Gasteiger partial charge in [-0.25, -0.2) is 0 Å². The lowest BCUT2D eigenvalue weighted by molar-refractivity contribution is -0.135. The van der Waals surface area contributed by atoms with Gasteiger partial charge in [0, 0.05) is 32.6 Å². The van der Waals surface area contributed by atoms with Crippen LogP contribution in [-0.2, 0) is 16.0 Å². The van der Waals surface area contributed by atoms with E-state index in [1.54, 1.807) is 0 Å². The highest BCUT2D eigenvalue weighted by atomic mass is 35.5. The highest BCUT2D eigenvalue weighted by Gasteiger charge is 2.27. The lowest BCUT2D eigenvalue weighted by Gasteiger charge is -2.32. The van der Waals surface area contributed by atoms with Gasteiger partial charge in [-0.3, -0.25) is 9.59 Å². The molecule has 3 N–H and O–H groups in total. The Morgan fingerprint density at radius 2 is 2.00 bits per heavy atom. The predicted molar refractivity (Wildman–Crippen MR) is 93.4 cm³/mol. The number of rotatable bonds is 6. The van der Waals surface area contributed by atoms with Gasteiger partial charge in [-0.15, -0.1) is 12.4 Å². The van der Waals surface area contributed by atoms with E-state index in [1.807, 2.05) is 35.2 Å². The molecule has 1 aromatic carbocycles. The van der Waals surface area contributed by atoms with Gasteiger partial charge in [0.1, 0.15) is 0 Å². The van der Waals surface area contributed by atoms with E-state index < -0.39 is 0 Å². The second kappa shape index (κ2) is 10.2. The Balaban J connectivity index is 0.00000264. The number of nitrogens with zero attached hydrogens (tertiary/aromatic N) is 1. The van der Waals surface area contributed by atoms with Crippen molar-refractivity contribution in [3.8, 4) is 0 Å². The molecule has 1 aromatic rings. The number of likely N-dealkylation sites (tertiary alicyclic amines) is 1. The summed E-state index contributed by atoms with van der Waals surface area (Å²) in [6, 6.07) is 10.0. The van der Waals surface area contributed by atoms with Crippen molar-refractivity contribution < 1.29 is 9.59 Å². The Hall–Kier alpha value is -1.59. The lowest BCUT2D eigenvalue weighted by Crippen LogP contribution is -2.46. The van der Waals surface area contributed by atoms with Crippen LogP contribution in [0.25, 0.3) is 0 Å². The first kappa shape index (κ1) is 19.5. The molecule has 0 bridgehead atoms. The van der Waals surface area contributed by atoms with E-state index in [-0.39, 0.29) is 30.1 Å². The van der Waals surface area contributed by atoms with Crippen molar-refractivity contribution >= 4 is 24.2 Å². The van der Waals surface area contributed by atoms with E-state index in [2.05, 4.69) is 5.32 Å². The van der Waals surface area contributed by atoms with E-state index in [4.69, 9.17) is 5.73 Å². The van der Waals surface area contributed by atoms with E-state index in [0.717, 1.165) is 25.8 Å². The van der Waals surface area contributed by atoms with Gasteiger partial charge in [-0.05, 0) is 24.8 Å². The zero-order valence-electron chi connectivity index (χ0n) is 13.4. The summed E-state index contributed by atoms with van der Waals surface area (Å²) in [5.41, 5.74) is 6.57. The second-order valence-corrected chi connectivity index (χ2v) is 5.74. The molecule has 6 heteroatoms. The standard InChI is InChI=1S/C17H25N3O2.ClH/c18-10-11-19-17(22)15-7-4-12-20(13-15)16(21)9-8-14-5-2-1-3-6-14;/h1-3,5-6,15H,4,7-13,18H2,(H,19,22);1H. The third kappa shape index (κ3) is 6.20. The van der Waals surface area contributed by atoms with Crippen LogP contribution >= 0.6 is 12.4 Å². The van der Waals surface area contributed by atoms with Crippen molar-refractivity contribution in [1.82, 2.24) is 10.2 Å². The number of nitrogens with one attached hydrogen (secondary N) is 1. The van der Waals surface area contributed by atoms with E-state index in [0.29, 0.717) is 26.1 Å². The number of hydrogen-bond donors (Lipinski definition) is 2. The summed E-state index contributed by atoms with van der Waals surface area (Å²) in [5, 5.41) is 2.82. The smallest absolute Gasteiger partial charge is 0.224 e. The van der Waals surface area contributed by atoms with Gasteiger partial charge in [0.25, 0.3) is 0 Å². The molecule has 128 valence electrons. The van der Waals surface area contributed by atoms with E-state index in [1.165, 1.54) is 5.56 Å². The van der Waals surface area contributed by atoms with Crippen LogP contribution in [-0.4, -0.2) is 42.9 Å². The zero-order valence-corrected chi connectivity index (χ0v) is 14.2. The van der Waals surface area contributed by atoms with Crippen molar-refractivity contribution in [3.05, 3.63) is 35.9 Å². The minimum absolute atomic E-state index is 0. The van der Waals surface area contributed by atoms with Gasteiger partial charge in [-0.1, -0.05) is 30.3 Å². The van der Waals surface area contributed by atoms with Crippen molar-refractivity contribution in [2.45, 2.75) is 25.7 Å². The lowest BCUT2D eigenvalue weighted by atomic mass is 9.96. The third-order valence-corrected chi connectivity index (χ3v) is 4.06. The van der Waals surface area contributed by atoms with Gasteiger partial charge in [0.05, 0.1) is 5.92 Å². The van der Waals surface area contributed by atoms with Crippen LogP contribution < -0.4 is 11.1 Å². The summed E-state index contributed by atoms with van der Waals surface area (Å²) < 4.78 is 0. The van der Waals surface area contributed by atoms with Crippen LogP contribution in [0.15, 0.2) is 30.3 Å². The molecular weight excluding hydrogens is 314 g/mol. The van der Waals surface area contributed by atoms with Gasteiger partial charge < -0.3 is 16.0 Å². The Bertz CT molecular complexity index is 496. The van der Waals surface area contributed by atoms with Crippen molar-refractivity contribution in [2.24, 2.45) is 11.7 Å². The molecule has 1 heterocycles. The molecule has 1 atom stereocenters. The Morgan fingerprint density at radius 1 is 1.26 bits per heavy atom. The number of aryl methyl sites for hydroxylation is 1. The van der Waals surface area contributed by atoms with Crippen molar-refractivity contribution in [3.63, 3.8) is 0 Å². The number of carbonyl (C=O) groups is 2. The summed E-state index contributed by atoms with van der Waals surface area (Å²) in [6.07, 6.45) is 2.98. The van der Waals surface area contributed by atoms with Gasteiger partial charge in [0.15, 0.2) is 0 Å². The van der Waals surface area contributed by atoms with Crippen LogP contribution in [0.1, 0.15) is 24.8 Å². The maximum Gasteiger partial charge on any atom is 0.224 e. The molecule has 1 aliphatic heterocycles. The summed E-state index contributed by atoms with van der Waals surface area (Å²) in [7, 11) is 0. The Morgan fingerprint density at radius 3 is 2.70 bits per heavy atom. The summed E-state index contributed by atoms with van der Waals surface area (Å²) >= 11 is 0. The fourth-order valence-corrected chi connectivity index (χ4v) is 2.81. The topological polar surface area (TPSA) is 75.4 Å². The number of nitrogens with two attached hydrogens (primary N) is 1. The fraction of sp³-hybridized carbons (Fsp3) is 0.529. The Kier molecular flexibility index (Phi) is 8.66. The third-order valence-electron chi connectivity index (χ3n) is 4.06. The average Bonchev–Trinajstić information content (AvgIpc) is 2.58. The van der Waals surface area contributed by atoms with Crippen molar-refractivity contribution in [1.29, 1.82) is 0 Å². The largest absolute Gasteiger partial charge is 0.355 e. The molecule has 2 rings (SSSR count). The maximum atomic E-state index is 12.3. The predicted octanol–water partition coefficient (Wildman–Crippen LogP) is 1.35. The maximum absolute atomic E-state index is 12.3. The fourth-order valence-electron chi connectivity index (χ4n) is 2.81. The van der Waals surface area contributed by atoms with Crippen LogP contribution in [0, 0.1) is 5.92 Å². The number of halogens is 1. The molecule has 0 saturated carbocycles. The van der Waals surface area contributed by atoms with Crippen LogP contribution in [0.3, 0.4) is 0 Å². The molecule has 2 amide bonds. The normalized spacial score (nSPS) is 17.3. The molecule has 1 unspecified atom stereocenters. The summed E-state index contributed by atoms with van der Waals surface area (Å²) in [4.78, 5) is 26.2. The minimum atomic E-state index is -0.0963. The molecule has 5 nitrogen and oxygen atoms in total. The molecule has 0 spiro atoms. The monoisotopic (exact) mass is 339 g/mol. The summed E-state index contributed by atoms with van der Waals surface area (Å²) in [5.74, 6) is 0.0622. The minimum Gasteiger partial charge on any atom is -0.355 e. The molecule has 1 saturated heterocycles. The molecule has 23 heavy (non-hydrogen) atoms. The molecule has 0 aliphatic carbocycles. The SMILES string of the molecule is Cl.NCCNC(=O)C1CCCN(C(=O)CCc2ccccc2)C1.